The van der Waals surface area contributed by atoms with Crippen LogP contribution >= 0.6 is 15.9 Å². The van der Waals surface area contributed by atoms with Crippen molar-refractivity contribution >= 4 is 15.9 Å². The van der Waals surface area contributed by atoms with Gasteiger partial charge in [-0.25, -0.2) is 0 Å². The van der Waals surface area contributed by atoms with Crippen molar-refractivity contribution in [1.82, 2.24) is 4.90 Å². The Labute approximate surface area is 147 Å². The summed E-state index contributed by atoms with van der Waals surface area (Å²) in [5.41, 5.74) is 5.96. The Kier molecular flexibility index (Phi) is 4.29. The van der Waals surface area contributed by atoms with Crippen LogP contribution in [0.4, 0.5) is 0 Å². The van der Waals surface area contributed by atoms with Crippen LogP contribution in [0.2, 0.25) is 0 Å². The molecule has 2 aromatic carbocycles. The molecule has 1 saturated heterocycles. The first-order chi connectivity index (χ1) is 11.2. The van der Waals surface area contributed by atoms with Crippen LogP contribution < -0.4 is 0 Å². The summed E-state index contributed by atoms with van der Waals surface area (Å²) in [5.74, 6) is 0.810. The van der Waals surface area contributed by atoms with Crippen molar-refractivity contribution in [3.63, 3.8) is 0 Å². The smallest absolute Gasteiger partial charge is 0.0237 e. The molecule has 23 heavy (non-hydrogen) atoms. The molecule has 120 valence electrons. The number of hydrogen-bond acceptors (Lipinski definition) is 1. The van der Waals surface area contributed by atoms with Gasteiger partial charge in [-0.05, 0) is 61.3 Å². The molecule has 1 aliphatic carbocycles. The van der Waals surface area contributed by atoms with Gasteiger partial charge in [0.2, 0.25) is 0 Å². The maximum Gasteiger partial charge on any atom is 0.0237 e. The summed E-state index contributed by atoms with van der Waals surface area (Å²) < 4.78 is 1.30. The molecule has 2 aromatic rings. The van der Waals surface area contributed by atoms with Crippen molar-refractivity contribution in [3.8, 4) is 0 Å². The van der Waals surface area contributed by atoms with Gasteiger partial charge >= 0.3 is 0 Å². The van der Waals surface area contributed by atoms with Crippen LogP contribution in [0.3, 0.4) is 0 Å². The molecule has 2 unspecified atom stereocenters. The van der Waals surface area contributed by atoms with E-state index in [1.54, 1.807) is 11.1 Å². The first kappa shape index (κ1) is 15.4. The zero-order valence-corrected chi connectivity index (χ0v) is 15.3. The van der Waals surface area contributed by atoms with Gasteiger partial charge in [-0.3, -0.25) is 4.90 Å². The second kappa shape index (κ2) is 6.41. The molecule has 0 saturated carbocycles. The van der Waals surface area contributed by atoms with E-state index in [0.29, 0.717) is 6.04 Å². The lowest BCUT2D eigenvalue weighted by Gasteiger charge is -2.42. The van der Waals surface area contributed by atoms with Crippen molar-refractivity contribution in [3.05, 3.63) is 69.2 Å². The maximum atomic E-state index is 3.79. The van der Waals surface area contributed by atoms with Gasteiger partial charge in [0.1, 0.15) is 0 Å². The topological polar surface area (TPSA) is 3.24 Å². The minimum atomic E-state index is 0.685. The van der Waals surface area contributed by atoms with Crippen molar-refractivity contribution in [1.29, 1.82) is 0 Å². The average molecular weight is 370 g/mol. The fraction of sp³-hybridized carbons (Fsp3) is 0.429. The predicted octanol–water partition coefficient (Wildman–Crippen LogP) is 5.14. The molecule has 3 aliphatic rings. The summed E-state index contributed by atoms with van der Waals surface area (Å²) in [6.45, 7) is 4.55. The normalized spacial score (nSPS) is 24.1. The molecule has 1 fully saturated rings. The molecule has 2 heterocycles. The van der Waals surface area contributed by atoms with E-state index >= 15 is 0 Å². The molecule has 0 radical (unpaired) electrons. The standard InChI is InChI=1S/C21H24BrN/c1-15-4-2-5-16(10-15)13-23-14-17-8-9-19(23)12-20-18(11-17)6-3-7-21(20)22/h2-7,10,17,19H,8-9,11-14H2,1H3. The molecule has 2 bridgehead atoms. The fourth-order valence-corrected chi connectivity index (χ4v) is 4.96. The number of rotatable bonds is 2. The number of benzene rings is 2. The third kappa shape index (κ3) is 3.25. The summed E-state index contributed by atoms with van der Waals surface area (Å²) in [4.78, 5) is 2.74. The van der Waals surface area contributed by atoms with E-state index < -0.39 is 0 Å². The molecule has 5 rings (SSSR count). The largest absolute Gasteiger partial charge is 0.296 e. The van der Waals surface area contributed by atoms with E-state index in [9.17, 15) is 0 Å². The van der Waals surface area contributed by atoms with Gasteiger partial charge in [0, 0.05) is 23.6 Å². The van der Waals surface area contributed by atoms with E-state index in [0.717, 1.165) is 12.5 Å². The molecular weight excluding hydrogens is 346 g/mol. The quantitative estimate of drug-likeness (QED) is 0.708. The Hall–Kier alpha value is -1.12. The first-order valence-corrected chi connectivity index (χ1v) is 9.54. The Morgan fingerprint density at radius 2 is 1.96 bits per heavy atom. The Bertz CT molecular complexity index is 709. The molecule has 2 aliphatic heterocycles. The van der Waals surface area contributed by atoms with Crippen LogP contribution in [-0.4, -0.2) is 17.5 Å². The monoisotopic (exact) mass is 369 g/mol. The molecule has 1 nitrogen and oxygen atoms in total. The fourth-order valence-electron chi connectivity index (χ4n) is 4.39. The SMILES string of the molecule is Cc1cccc(CN2CC3CCC2Cc2c(Br)cccc2C3)c1. The molecule has 2 heteroatoms. The van der Waals surface area contributed by atoms with E-state index in [1.807, 2.05) is 0 Å². The summed E-state index contributed by atoms with van der Waals surface area (Å²) >= 11 is 3.79. The highest BCUT2D eigenvalue weighted by molar-refractivity contribution is 9.10. The first-order valence-electron chi connectivity index (χ1n) is 8.75. The van der Waals surface area contributed by atoms with Gasteiger partial charge in [0.25, 0.3) is 0 Å². The lowest BCUT2D eigenvalue weighted by molar-refractivity contribution is 0.0936. The highest BCUT2D eigenvalue weighted by atomic mass is 79.9. The van der Waals surface area contributed by atoms with Crippen molar-refractivity contribution < 1.29 is 0 Å². The molecule has 2 atom stereocenters. The highest BCUT2D eigenvalue weighted by Gasteiger charge is 2.32. The minimum Gasteiger partial charge on any atom is -0.296 e. The van der Waals surface area contributed by atoms with Crippen molar-refractivity contribution in [2.75, 3.05) is 6.54 Å². The second-order valence-corrected chi connectivity index (χ2v) is 8.16. The average Bonchev–Trinajstić information content (AvgIpc) is 2.49. The highest BCUT2D eigenvalue weighted by Crippen LogP contribution is 2.35. The Balaban J connectivity index is 1.61. The summed E-state index contributed by atoms with van der Waals surface area (Å²) in [5, 5.41) is 0. The number of aryl methyl sites for hydroxylation is 1. The van der Waals surface area contributed by atoms with Gasteiger partial charge < -0.3 is 0 Å². The molecule has 0 N–H and O–H groups in total. The number of halogens is 1. The Morgan fingerprint density at radius 1 is 1.09 bits per heavy atom. The van der Waals surface area contributed by atoms with Crippen molar-refractivity contribution in [2.45, 2.75) is 45.2 Å². The summed E-state index contributed by atoms with van der Waals surface area (Å²) in [6.07, 6.45) is 5.17. The predicted molar refractivity (Wildman–Crippen MR) is 99.7 cm³/mol. The van der Waals surface area contributed by atoms with Crippen molar-refractivity contribution in [2.24, 2.45) is 5.92 Å². The molecule has 0 spiro atoms. The Morgan fingerprint density at radius 3 is 2.83 bits per heavy atom. The number of hydrogen-bond donors (Lipinski definition) is 0. The number of nitrogens with zero attached hydrogens (tertiary/aromatic N) is 1. The van der Waals surface area contributed by atoms with Gasteiger partial charge in [-0.15, -0.1) is 0 Å². The molecule has 0 aromatic heterocycles. The van der Waals surface area contributed by atoms with Crippen LogP contribution in [0.5, 0.6) is 0 Å². The third-order valence-electron chi connectivity index (χ3n) is 5.55. The zero-order valence-electron chi connectivity index (χ0n) is 13.8. The van der Waals surface area contributed by atoms with Crippen LogP contribution in [0.1, 0.15) is 35.1 Å². The number of fused-ring (bicyclic) bond motifs is 2. The van der Waals surface area contributed by atoms with Crippen LogP contribution in [0, 0.1) is 12.8 Å². The summed E-state index contributed by atoms with van der Waals surface area (Å²) in [7, 11) is 0. The maximum absolute atomic E-state index is 3.79. The van der Waals surface area contributed by atoms with E-state index in [1.165, 1.54) is 47.8 Å². The summed E-state index contributed by atoms with van der Waals surface area (Å²) in [6, 6.07) is 16.4. The van der Waals surface area contributed by atoms with E-state index in [-0.39, 0.29) is 0 Å². The lowest BCUT2D eigenvalue weighted by atomic mass is 9.80. The van der Waals surface area contributed by atoms with E-state index in [2.05, 4.69) is 70.2 Å². The zero-order chi connectivity index (χ0) is 15.8. The van der Waals surface area contributed by atoms with Crippen LogP contribution in [0.15, 0.2) is 46.9 Å². The van der Waals surface area contributed by atoms with Gasteiger partial charge in [-0.1, -0.05) is 57.9 Å². The second-order valence-electron chi connectivity index (χ2n) is 7.30. The van der Waals surface area contributed by atoms with Crippen LogP contribution in [0.25, 0.3) is 0 Å². The minimum absolute atomic E-state index is 0.685. The van der Waals surface area contributed by atoms with Crippen LogP contribution in [-0.2, 0) is 19.4 Å². The molecular formula is C21H24BrN. The third-order valence-corrected chi connectivity index (χ3v) is 6.29. The van der Waals surface area contributed by atoms with Gasteiger partial charge in [0.05, 0.1) is 0 Å². The van der Waals surface area contributed by atoms with Gasteiger partial charge in [-0.2, -0.15) is 0 Å². The number of piperidine rings is 1. The molecule has 0 amide bonds. The van der Waals surface area contributed by atoms with E-state index in [4.69, 9.17) is 0 Å². The van der Waals surface area contributed by atoms with Gasteiger partial charge in [0.15, 0.2) is 0 Å². The lowest BCUT2D eigenvalue weighted by Crippen LogP contribution is -2.46.